The first-order valence-corrected chi connectivity index (χ1v) is 8.03. The van der Waals surface area contributed by atoms with Crippen LogP contribution in [0, 0.1) is 6.92 Å². The molecule has 0 saturated carbocycles. The Morgan fingerprint density at radius 1 is 1.53 bits per heavy atom. The lowest BCUT2D eigenvalue weighted by atomic mass is 10.1. The largest absolute Gasteiger partial charge is 0.311 e. The van der Waals surface area contributed by atoms with Crippen molar-refractivity contribution in [2.45, 2.75) is 32.7 Å². The second-order valence-electron chi connectivity index (χ2n) is 4.52. The first kappa shape index (κ1) is 14.7. The van der Waals surface area contributed by atoms with Crippen molar-refractivity contribution in [3.63, 3.8) is 0 Å². The predicted octanol–water partition coefficient (Wildman–Crippen LogP) is 3.01. The smallest absolute Gasteiger partial charge is 0.0898 e. The topological polar surface area (TPSA) is 42.7 Å². The van der Waals surface area contributed by atoms with Gasteiger partial charge in [-0.3, -0.25) is 4.68 Å². The van der Waals surface area contributed by atoms with E-state index in [0.717, 1.165) is 33.7 Å². The third kappa shape index (κ3) is 3.07. The molecule has 1 N–H and O–H groups in total. The molecule has 0 aliphatic rings. The van der Waals surface area contributed by atoms with Crippen molar-refractivity contribution < 1.29 is 0 Å². The van der Waals surface area contributed by atoms with Gasteiger partial charge in [-0.05, 0) is 36.3 Å². The van der Waals surface area contributed by atoms with E-state index in [2.05, 4.69) is 43.6 Å². The highest BCUT2D eigenvalue weighted by Gasteiger charge is 2.19. The molecule has 0 amide bonds. The van der Waals surface area contributed by atoms with Crippen LogP contribution in [0.2, 0.25) is 0 Å². The lowest BCUT2D eigenvalue weighted by Gasteiger charge is -2.14. The summed E-state index contributed by atoms with van der Waals surface area (Å²) in [6, 6.07) is 0.223. The molecule has 19 heavy (non-hydrogen) atoms. The minimum atomic E-state index is 0.223. The van der Waals surface area contributed by atoms with Crippen LogP contribution in [0.5, 0.6) is 0 Å². The second kappa shape index (κ2) is 6.15. The van der Waals surface area contributed by atoms with Crippen molar-refractivity contribution in [1.82, 2.24) is 20.1 Å². The number of halogens is 1. The molecule has 104 valence electrons. The zero-order valence-electron chi connectivity index (χ0n) is 11.7. The first-order chi connectivity index (χ1) is 9.06. The molecule has 6 heteroatoms. The van der Waals surface area contributed by atoms with Crippen LogP contribution in [-0.2, 0) is 19.9 Å². The summed E-state index contributed by atoms with van der Waals surface area (Å²) >= 11 is 5.36. The first-order valence-electron chi connectivity index (χ1n) is 6.36. The highest BCUT2D eigenvalue weighted by Crippen LogP contribution is 2.27. The average Bonchev–Trinajstić information content (AvgIpc) is 2.92. The Morgan fingerprint density at radius 2 is 2.26 bits per heavy atom. The summed E-state index contributed by atoms with van der Waals surface area (Å²) in [7, 11) is 3.97. The third-order valence-electron chi connectivity index (χ3n) is 3.24. The van der Waals surface area contributed by atoms with Gasteiger partial charge in [0, 0.05) is 18.8 Å². The standard InChI is InChI=1S/C13H19BrN4S/c1-5-9-13(14)12(18(4)17-9)6-10(15-3)11-7-19-8(2)16-11/h7,10,15H,5-6H2,1-4H3. The number of likely N-dealkylation sites (N-methyl/N-ethyl adjacent to an activating group) is 1. The molecular formula is C13H19BrN4S. The van der Waals surface area contributed by atoms with Gasteiger partial charge in [0.25, 0.3) is 0 Å². The summed E-state index contributed by atoms with van der Waals surface area (Å²) in [5.41, 5.74) is 3.43. The summed E-state index contributed by atoms with van der Waals surface area (Å²) < 4.78 is 3.09. The van der Waals surface area contributed by atoms with Crippen LogP contribution in [0.3, 0.4) is 0 Å². The van der Waals surface area contributed by atoms with E-state index in [4.69, 9.17) is 0 Å². The number of nitrogens with zero attached hydrogens (tertiary/aromatic N) is 3. The van der Waals surface area contributed by atoms with Gasteiger partial charge >= 0.3 is 0 Å². The fraction of sp³-hybridized carbons (Fsp3) is 0.538. The summed E-state index contributed by atoms with van der Waals surface area (Å²) in [6.07, 6.45) is 1.82. The maximum absolute atomic E-state index is 4.58. The van der Waals surface area contributed by atoms with E-state index >= 15 is 0 Å². The molecule has 2 aromatic heterocycles. The maximum atomic E-state index is 4.58. The minimum absolute atomic E-state index is 0.223. The molecule has 0 aliphatic heterocycles. The molecule has 0 bridgehead atoms. The molecule has 2 rings (SSSR count). The van der Waals surface area contributed by atoms with E-state index < -0.39 is 0 Å². The summed E-state index contributed by atoms with van der Waals surface area (Å²) in [5.74, 6) is 0. The SMILES string of the molecule is CCc1nn(C)c(CC(NC)c2csc(C)n2)c1Br. The van der Waals surface area contributed by atoms with Gasteiger partial charge in [-0.1, -0.05) is 6.92 Å². The van der Waals surface area contributed by atoms with Gasteiger partial charge in [0.15, 0.2) is 0 Å². The van der Waals surface area contributed by atoms with E-state index in [9.17, 15) is 0 Å². The Bertz CT molecular complexity index is 561. The molecule has 4 nitrogen and oxygen atoms in total. The van der Waals surface area contributed by atoms with E-state index in [-0.39, 0.29) is 6.04 Å². The van der Waals surface area contributed by atoms with Crippen LogP contribution < -0.4 is 5.32 Å². The number of nitrogens with one attached hydrogen (secondary N) is 1. The van der Waals surface area contributed by atoms with E-state index in [0.29, 0.717) is 0 Å². The summed E-state index contributed by atoms with van der Waals surface area (Å²) in [6.45, 7) is 4.16. The maximum Gasteiger partial charge on any atom is 0.0898 e. The van der Waals surface area contributed by atoms with Crippen molar-refractivity contribution in [3.8, 4) is 0 Å². The lowest BCUT2D eigenvalue weighted by Crippen LogP contribution is -2.20. The number of aromatic nitrogens is 3. The van der Waals surface area contributed by atoms with E-state index in [1.54, 1.807) is 11.3 Å². The van der Waals surface area contributed by atoms with Gasteiger partial charge in [-0.15, -0.1) is 11.3 Å². The third-order valence-corrected chi connectivity index (χ3v) is 4.95. The summed E-state index contributed by atoms with van der Waals surface area (Å²) in [4.78, 5) is 4.58. The Labute approximate surface area is 126 Å². The minimum Gasteiger partial charge on any atom is -0.311 e. The van der Waals surface area contributed by atoms with Gasteiger partial charge in [0.05, 0.1) is 32.6 Å². The fourth-order valence-electron chi connectivity index (χ4n) is 2.13. The van der Waals surface area contributed by atoms with Crippen LogP contribution >= 0.6 is 27.3 Å². The van der Waals surface area contributed by atoms with Crippen molar-refractivity contribution in [2.24, 2.45) is 7.05 Å². The highest BCUT2D eigenvalue weighted by molar-refractivity contribution is 9.10. The fourth-order valence-corrected chi connectivity index (χ4v) is 3.57. The average molecular weight is 343 g/mol. The number of hydrogen-bond acceptors (Lipinski definition) is 4. The molecule has 0 spiro atoms. The summed E-state index contributed by atoms with van der Waals surface area (Å²) in [5, 5.41) is 11.1. The molecule has 0 saturated heterocycles. The Morgan fingerprint density at radius 3 is 2.74 bits per heavy atom. The number of hydrogen-bond donors (Lipinski definition) is 1. The van der Waals surface area contributed by atoms with Crippen molar-refractivity contribution in [3.05, 3.63) is 31.9 Å². The number of rotatable bonds is 5. The zero-order chi connectivity index (χ0) is 14.0. The molecule has 1 atom stereocenters. The number of aryl methyl sites for hydroxylation is 3. The van der Waals surface area contributed by atoms with Gasteiger partial charge < -0.3 is 5.32 Å². The van der Waals surface area contributed by atoms with Gasteiger partial charge in [-0.25, -0.2) is 4.98 Å². The zero-order valence-corrected chi connectivity index (χ0v) is 14.1. The predicted molar refractivity (Wildman–Crippen MR) is 82.6 cm³/mol. The van der Waals surface area contributed by atoms with Crippen molar-refractivity contribution >= 4 is 27.3 Å². The molecule has 1 unspecified atom stereocenters. The molecule has 2 heterocycles. The van der Waals surface area contributed by atoms with Crippen LogP contribution in [-0.4, -0.2) is 21.8 Å². The molecule has 0 radical (unpaired) electrons. The van der Waals surface area contributed by atoms with Gasteiger partial charge in [0.1, 0.15) is 0 Å². The van der Waals surface area contributed by atoms with Crippen molar-refractivity contribution in [1.29, 1.82) is 0 Å². The quantitative estimate of drug-likeness (QED) is 0.908. The van der Waals surface area contributed by atoms with Crippen molar-refractivity contribution in [2.75, 3.05) is 7.05 Å². The van der Waals surface area contributed by atoms with Crippen LogP contribution in [0.1, 0.15) is 35.1 Å². The van der Waals surface area contributed by atoms with Crippen LogP contribution in [0.4, 0.5) is 0 Å². The Hall–Kier alpha value is -0.720. The molecule has 0 aliphatic carbocycles. The lowest BCUT2D eigenvalue weighted by molar-refractivity contribution is 0.549. The van der Waals surface area contributed by atoms with E-state index in [1.807, 2.05) is 25.7 Å². The normalized spacial score (nSPS) is 12.9. The van der Waals surface area contributed by atoms with Gasteiger partial charge in [0.2, 0.25) is 0 Å². The number of thiazole rings is 1. The molecule has 2 aromatic rings. The molecular weight excluding hydrogens is 324 g/mol. The van der Waals surface area contributed by atoms with E-state index in [1.165, 1.54) is 5.69 Å². The Balaban J connectivity index is 2.26. The molecule has 0 fully saturated rings. The Kier molecular flexibility index (Phi) is 4.76. The van der Waals surface area contributed by atoms with Crippen LogP contribution in [0.25, 0.3) is 0 Å². The second-order valence-corrected chi connectivity index (χ2v) is 6.38. The highest BCUT2D eigenvalue weighted by atomic mass is 79.9. The van der Waals surface area contributed by atoms with Gasteiger partial charge in [-0.2, -0.15) is 5.10 Å². The van der Waals surface area contributed by atoms with Crippen LogP contribution in [0.15, 0.2) is 9.85 Å². The monoisotopic (exact) mass is 342 g/mol. The molecule has 0 aromatic carbocycles.